The zero-order valence-corrected chi connectivity index (χ0v) is 18.5. The van der Waals surface area contributed by atoms with E-state index < -0.39 is 4.92 Å². The van der Waals surface area contributed by atoms with Crippen molar-refractivity contribution in [3.63, 3.8) is 0 Å². The molecule has 166 valence electrons. The molecule has 2 aromatic carbocycles. The van der Waals surface area contributed by atoms with Crippen LogP contribution in [0.3, 0.4) is 0 Å². The molecular weight excluding hydrogens is 430 g/mol. The summed E-state index contributed by atoms with van der Waals surface area (Å²) in [5.74, 6) is 1.54. The fraction of sp³-hybridized carbons (Fsp3) is 0.318. The third-order valence-corrected chi connectivity index (χ3v) is 5.97. The third-order valence-electron chi connectivity index (χ3n) is 5.08. The Morgan fingerprint density at radius 3 is 2.78 bits per heavy atom. The molecule has 2 aromatic heterocycles. The number of benzene rings is 2. The summed E-state index contributed by atoms with van der Waals surface area (Å²) in [6.45, 7) is 3.06. The topological polar surface area (TPSA) is 105 Å². The number of non-ortho nitro benzene ring substituents is 1. The average molecular weight is 454 g/mol. The van der Waals surface area contributed by atoms with Gasteiger partial charge in [0.15, 0.2) is 5.16 Å². The van der Waals surface area contributed by atoms with Crippen LogP contribution >= 0.6 is 11.8 Å². The fourth-order valence-corrected chi connectivity index (χ4v) is 4.28. The van der Waals surface area contributed by atoms with Gasteiger partial charge in [-0.3, -0.25) is 23.9 Å². The molecule has 0 saturated heterocycles. The molecule has 0 spiro atoms. The minimum Gasteiger partial charge on any atom is -0.492 e. The number of nitrogens with zero attached hydrogens (tertiary/aromatic N) is 5. The Morgan fingerprint density at radius 2 is 1.97 bits per heavy atom. The van der Waals surface area contributed by atoms with Gasteiger partial charge in [0.2, 0.25) is 5.78 Å². The first-order valence-corrected chi connectivity index (χ1v) is 11.5. The number of fused-ring (bicyclic) bond motifs is 3. The normalized spacial score (nSPS) is 11.3. The van der Waals surface area contributed by atoms with Crippen LogP contribution < -0.4 is 10.3 Å². The number of hydrogen-bond donors (Lipinski definition) is 0. The Hall–Kier alpha value is -3.40. The van der Waals surface area contributed by atoms with E-state index in [-0.39, 0.29) is 11.2 Å². The SMILES string of the molecule is CCCCCn1c(=O)c2ccccc2n2c(SCCOc3cccc([N+](=O)[O-])c3)nnc12. The van der Waals surface area contributed by atoms with Gasteiger partial charge in [0.05, 0.1) is 28.5 Å². The highest BCUT2D eigenvalue weighted by Gasteiger charge is 2.16. The lowest BCUT2D eigenvalue weighted by Crippen LogP contribution is -2.23. The van der Waals surface area contributed by atoms with E-state index in [1.165, 1.54) is 23.9 Å². The lowest BCUT2D eigenvalue weighted by Gasteiger charge is -2.11. The molecule has 9 nitrogen and oxygen atoms in total. The lowest BCUT2D eigenvalue weighted by atomic mass is 10.2. The second-order valence-corrected chi connectivity index (χ2v) is 8.31. The van der Waals surface area contributed by atoms with Crippen LogP contribution in [0.15, 0.2) is 58.5 Å². The van der Waals surface area contributed by atoms with Crippen molar-refractivity contribution in [2.24, 2.45) is 0 Å². The summed E-state index contributed by atoms with van der Waals surface area (Å²) in [7, 11) is 0. The summed E-state index contributed by atoms with van der Waals surface area (Å²) in [6, 6.07) is 13.6. The van der Waals surface area contributed by atoms with Gasteiger partial charge in [-0.1, -0.05) is 49.7 Å². The van der Waals surface area contributed by atoms with Crippen molar-refractivity contribution in [3.05, 3.63) is 69.0 Å². The van der Waals surface area contributed by atoms with Gasteiger partial charge in [-0.15, -0.1) is 10.2 Å². The zero-order chi connectivity index (χ0) is 22.5. The van der Waals surface area contributed by atoms with Crippen LogP contribution in [-0.4, -0.2) is 36.4 Å². The first-order valence-electron chi connectivity index (χ1n) is 10.5. The number of hydrogen-bond acceptors (Lipinski definition) is 7. The smallest absolute Gasteiger partial charge is 0.273 e. The van der Waals surface area contributed by atoms with Crippen LogP contribution in [0.5, 0.6) is 5.75 Å². The van der Waals surface area contributed by atoms with Gasteiger partial charge in [0, 0.05) is 18.4 Å². The fourth-order valence-electron chi connectivity index (χ4n) is 3.53. The molecule has 0 amide bonds. The van der Waals surface area contributed by atoms with E-state index in [1.807, 2.05) is 28.7 Å². The van der Waals surface area contributed by atoms with Gasteiger partial charge in [0.1, 0.15) is 5.75 Å². The van der Waals surface area contributed by atoms with E-state index in [2.05, 4.69) is 17.1 Å². The van der Waals surface area contributed by atoms with Crippen molar-refractivity contribution in [1.82, 2.24) is 19.2 Å². The average Bonchev–Trinajstić information content (AvgIpc) is 3.23. The molecule has 0 aliphatic heterocycles. The summed E-state index contributed by atoms with van der Waals surface area (Å²) in [5.41, 5.74) is 0.708. The molecular formula is C22H23N5O4S. The van der Waals surface area contributed by atoms with Crippen LogP contribution in [-0.2, 0) is 6.54 Å². The number of rotatable bonds is 10. The third kappa shape index (κ3) is 4.45. The van der Waals surface area contributed by atoms with E-state index >= 15 is 0 Å². The molecule has 0 unspecified atom stereocenters. The molecule has 0 fully saturated rings. The van der Waals surface area contributed by atoms with Crippen LogP contribution in [0, 0.1) is 10.1 Å². The lowest BCUT2D eigenvalue weighted by molar-refractivity contribution is -0.384. The van der Waals surface area contributed by atoms with E-state index in [9.17, 15) is 14.9 Å². The van der Waals surface area contributed by atoms with Crippen molar-refractivity contribution in [2.75, 3.05) is 12.4 Å². The van der Waals surface area contributed by atoms with Gasteiger partial charge >= 0.3 is 0 Å². The summed E-state index contributed by atoms with van der Waals surface area (Å²) >= 11 is 1.46. The number of nitro groups is 1. The molecule has 0 saturated carbocycles. The molecule has 2 heterocycles. The van der Waals surface area contributed by atoms with Crippen LogP contribution in [0.2, 0.25) is 0 Å². The second kappa shape index (κ2) is 9.82. The van der Waals surface area contributed by atoms with Crippen LogP contribution in [0.1, 0.15) is 26.2 Å². The van der Waals surface area contributed by atoms with Crippen molar-refractivity contribution in [1.29, 1.82) is 0 Å². The van der Waals surface area contributed by atoms with Crippen molar-refractivity contribution >= 4 is 34.1 Å². The van der Waals surface area contributed by atoms with Crippen molar-refractivity contribution < 1.29 is 9.66 Å². The molecule has 10 heteroatoms. The Bertz CT molecular complexity index is 1320. The highest BCUT2D eigenvalue weighted by atomic mass is 32.2. The van der Waals surface area contributed by atoms with Crippen LogP contribution in [0.25, 0.3) is 16.7 Å². The van der Waals surface area contributed by atoms with E-state index in [4.69, 9.17) is 4.74 Å². The number of aryl methyl sites for hydroxylation is 1. The van der Waals surface area contributed by atoms with Gasteiger partial charge < -0.3 is 4.74 Å². The molecule has 4 rings (SSSR count). The maximum atomic E-state index is 13.0. The summed E-state index contributed by atoms with van der Waals surface area (Å²) in [6.07, 6.45) is 3.00. The largest absolute Gasteiger partial charge is 0.492 e. The highest BCUT2D eigenvalue weighted by molar-refractivity contribution is 7.99. The van der Waals surface area contributed by atoms with Crippen LogP contribution in [0.4, 0.5) is 5.69 Å². The second-order valence-electron chi connectivity index (χ2n) is 7.25. The molecule has 0 bridgehead atoms. The predicted molar refractivity (Wildman–Crippen MR) is 124 cm³/mol. The number of nitro benzene ring substituents is 1. The molecule has 0 radical (unpaired) electrons. The first kappa shape index (κ1) is 21.8. The Kier molecular flexibility index (Phi) is 6.69. The van der Waals surface area contributed by atoms with E-state index in [0.29, 0.717) is 41.0 Å². The predicted octanol–water partition coefficient (Wildman–Crippen LogP) is 4.31. The molecule has 32 heavy (non-hydrogen) atoms. The Balaban J connectivity index is 1.56. The molecule has 0 aliphatic carbocycles. The van der Waals surface area contributed by atoms with Gasteiger partial charge in [0.25, 0.3) is 11.2 Å². The maximum Gasteiger partial charge on any atom is 0.273 e. The van der Waals surface area contributed by atoms with E-state index in [1.54, 1.807) is 16.7 Å². The Labute approximate surface area is 188 Å². The number of aromatic nitrogens is 4. The van der Waals surface area contributed by atoms with Crippen molar-refractivity contribution in [2.45, 2.75) is 37.9 Å². The first-order chi connectivity index (χ1) is 15.6. The number of para-hydroxylation sites is 1. The van der Waals surface area contributed by atoms with Gasteiger partial charge in [-0.05, 0) is 24.6 Å². The number of ether oxygens (including phenoxy) is 1. The molecule has 0 N–H and O–H groups in total. The summed E-state index contributed by atoms with van der Waals surface area (Å²) in [5, 5.41) is 20.9. The molecule has 4 aromatic rings. The minimum absolute atomic E-state index is 0.00822. The van der Waals surface area contributed by atoms with Gasteiger partial charge in [-0.2, -0.15) is 0 Å². The molecule has 0 atom stereocenters. The van der Waals surface area contributed by atoms with Gasteiger partial charge in [-0.25, -0.2) is 0 Å². The monoisotopic (exact) mass is 453 g/mol. The number of thioether (sulfide) groups is 1. The quantitative estimate of drug-likeness (QED) is 0.152. The van der Waals surface area contributed by atoms with E-state index in [0.717, 1.165) is 24.8 Å². The minimum atomic E-state index is -0.449. The molecule has 0 aliphatic rings. The standard InChI is InChI=1S/C22H23N5O4S/c1-2-3-6-12-25-20(28)18-10-4-5-11-19(18)26-21(25)23-24-22(26)32-14-13-31-17-9-7-8-16(15-17)27(29)30/h4-5,7-11,15H,2-3,6,12-14H2,1H3. The Morgan fingerprint density at radius 1 is 1.12 bits per heavy atom. The highest BCUT2D eigenvalue weighted by Crippen LogP contribution is 2.23. The maximum absolute atomic E-state index is 13.0. The summed E-state index contributed by atoms with van der Waals surface area (Å²) in [4.78, 5) is 23.5. The zero-order valence-electron chi connectivity index (χ0n) is 17.6. The van der Waals surface area contributed by atoms with Crippen molar-refractivity contribution in [3.8, 4) is 5.75 Å². The number of unbranched alkanes of at least 4 members (excludes halogenated alkanes) is 2. The summed E-state index contributed by atoms with van der Waals surface area (Å²) < 4.78 is 9.29.